The van der Waals surface area contributed by atoms with Crippen LogP contribution in [0.2, 0.25) is 0 Å². The van der Waals surface area contributed by atoms with Gasteiger partial charge in [-0.3, -0.25) is 0 Å². The van der Waals surface area contributed by atoms with Gasteiger partial charge in [-0.1, -0.05) is 13.8 Å². The smallest absolute Gasteiger partial charge is 0.326 e. The molecule has 18 heavy (non-hydrogen) atoms. The summed E-state index contributed by atoms with van der Waals surface area (Å²) < 4.78 is 5.47. The number of carboxylic acids is 1. The van der Waals surface area contributed by atoms with E-state index in [9.17, 15) is 9.59 Å². The Morgan fingerprint density at radius 2 is 2.11 bits per heavy atom. The minimum absolute atomic E-state index is 0.0480. The van der Waals surface area contributed by atoms with Gasteiger partial charge in [0.15, 0.2) is 0 Å². The van der Waals surface area contributed by atoms with E-state index in [2.05, 4.69) is 10.6 Å². The predicted molar refractivity (Wildman–Crippen MR) is 66.4 cm³/mol. The fraction of sp³-hybridized carbons (Fsp3) is 0.833. The van der Waals surface area contributed by atoms with E-state index in [1.54, 1.807) is 13.8 Å². The largest absolute Gasteiger partial charge is 0.480 e. The number of ether oxygens (including phenoxy) is 1. The molecule has 1 heterocycles. The zero-order chi connectivity index (χ0) is 13.5. The number of hydrogen-bond acceptors (Lipinski definition) is 3. The third-order valence-corrected chi connectivity index (χ3v) is 2.98. The maximum atomic E-state index is 11.6. The Kier molecular flexibility index (Phi) is 5.91. The molecule has 2 amide bonds. The summed E-state index contributed by atoms with van der Waals surface area (Å²) in [5.41, 5.74) is 0. The van der Waals surface area contributed by atoms with E-state index < -0.39 is 18.0 Å². The lowest BCUT2D eigenvalue weighted by atomic mass is 10.1. The number of carbonyl (C=O) groups excluding carboxylic acids is 1. The van der Waals surface area contributed by atoms with Gasteiger partial charge in [0.25, 0.3) is 0 Å². The van der Waals surface area contributed by atoms with Crippen LogP contribution >= 0.6 is 0 Å². The Balaban J connectivity index is 2.29. The van der Waals surface area contributed by atoms with Crippen molar-refractivity contribution in [2.24, 2.45) is 5.92 Å². The van der Waals surface area contributed by atoms with Gasteiger partial charge in [0.2, 0.25) is 0 Å². The normalized spacial score (nSPS) is 21.4. The second-order valence-corrected chi connectivity index (χ2v) is 4.90. The first kappa shape index (κ1) is 14.8. The SMILES string of the molecule is CC(C)[C@@H](NC(=O)NCC1CCCCO1)C(=O)O. The quantitative estimate of drug-likeness (QED) is 0.685. The number of rotatable bonds is 5. The predicted octanol–water partition coefficient (Wildman–Crippen LogP) is 0.964. The number of urea groups is 1. The summed E-state index contributed by atoms with van der Waals surface area (Å²) in [6, 6.07) is -1.32. The number of aliphatic carboxylic acids is 1. The summed E-state index contributed by atoms with van der Waals surface area (Å²) in [5, 5.41) is 14.0. The van der Waals surface area contributed by atoms with Crippen LogP contribution in [-0.4, -0.2) is 42.4 Å². The van der Waals surface area contributed by atoms with E-state index in [-0.39, 0.29) is 12.0 Å². The lowest BCUT2D eigenvalue weighted by molar-refractivity contribution is -0.140. The highest BCUT2D eigenvalue weighted by Crippen LogP contribution is 2.11. The first-order valence-corrected chi connectivity index (χ1v) is 6.39. The van der Waals surface area contributed by atoms with Crippen molar-refractivity contribution in [3.05, 3.63) is 0 Å². The Morgan fingerprint density at radius 1 is 1.39 bits per heavy atom. The van der Waals surface area contributed by atoms with E-state index in [0.29, 0.717) is 6.54 Å². The van der Waals surface area contributed by atoms with Crippen LogP contribution in [0.15, 0.2) is 0 Å². The van der Waals surface area contributed by atoms with Crippen LogP contribution in [0.1, 0.15) is 33.1 Å². The van der Waals surface area contributed by atoms with Crippen LogP contribution in [0.4, 0.5) is 4.79 Å². The Hall–Kier alpha value is -1.30. The van der Waals surface area contributed by atoms with E-state index in [1.807, 2.05) is 0 Å². The maximum absolute atomic E-state index is 11.6. The highest BCUT2D eigenvalue weighted by Gasteiger charge is 2.23. The van der Waals surface area contributed by atoms with Crippen LogP contribution in [0.25, 0.3) is 0 Å². The number of hydrogen-bond donors (Lipinski definition) is 3. The zero-order valence-electron chi connectivity index (χ0n) is 10.9. The van der Waals surface area contributed by atoms with Gasteiger partial charge in [0.1, 0.15) is 6.04 Å². The van der Waals surface area contributed by atoms with E-state index in [0.717, 1.165) is 25.9 Å². The zero-order valence-corrected chi connectivity index (χ0v) is 10.9. The fourth-order valence-corrected chi connectivity index (χ4v) is 1.88. The van der Waals surface area contributed by atoms with Crippen molar-refractivity contribution in [3.63, 3.8) is 0 Å². The number of amides is 2. The second kappa shape index (κ2) is 7.20. The van der Waals surface area contributed by atoms with Crippen molar-refractivity contribution in [1.82, 2.24) is 10.6 Å². The van der Waals surface area contributed by atoms with Gasteiger partial charge in [-0.15, -0.1) is 0 Å². The molecule has 3 N–H and O–H groups in total. The number of carbonyl (C=O) groups is 2. The van der Waals surface area contributed by atoms with Gasteiger partial charge in [-0.25, -0.2) is 9.59 Å². The molecule has 1 fully saturated rings. The summed E-state index contributed by atoms with van der Waals surface area (Å²) in [6.07, 6.45) is 3.16. The van der Waals surface area contributed by atoms with E-state index in [4.69, 9.17) is 9.84 Å². The lowest BCUT2D eigenvalue weighted by Gasteiger charge is -2.24. The highest BCUT2D eigenvalue weighted by atomic mass is 16.5. The number of nitrogens with one attached hydrogen (secondary N) is 2. The van der Waals surface area contributed by atoms with Crippen LogP contribution in [0.3, 0.4) is 0 Å². The Morgan fingerprint density at radius 3 is 2.61 bits per heavy atom. The molecule has 1 aliphatic rings. The molecule has 0 spiro atoms. The summed E-state index contributed by atoms with van der Waals surface area (Å²) in [4.78, 5) is 22.5. The van der Waals surface area contributed by atoms with Gasteiger partial charge >= 0.3 is 12.0 Å². The molecular formula is C12H22N2O4. The third-order valence-electron chi connectivity index (χ3n) is 2.98. The average Bonchev–Trinajstić information content (AvgIpc) is 2.34. The third kappa shape index (κ3) is 4.91. The summed E-state index contributed by atoms with van der Waals surface area (Å²) >= 11 is 0. The van der Waals surface area contributed by atoms with Gasteiger partial charge in [0, 0.05) is 13.2 Å². The van der Waals surface area contributed by atoms with E-state index >= 15 is 0 Å². The lowest BCUT2D eigenvalue weighted by Crippen LogP contribution is -2.50. The standard InChI is InChI=1S/C12H22N2O4/c1-8(2)10(11(15)16)14-12(17)13-7-9-5-3-4-6-18-9/h8-10H,3-7H2,1-2H3,(H,15,16)(H2,13,14,17)/t9?,10-/m1/s1. The summed E-state index contributed by atoms with van der Waals surface area (Å²) in [6.45, 7) is 4.67. The molecule has 1 saturated heterocycles. The van der Waals surface area contributed by atoms with Gasteiger partial charge < -0.3 is 20.5 Å². The molecule has 0 aromatic rings. The topological polar surface area (TPSA) is 87.7 Å². The molecule has 0 radical (unpaired) electrons. The second-order valence-electron chi connectivity index (χ2n) is 4.90. The van der Waals surface area contributed by atoms with Gasteiger partial charge in [-0.05, 0) is 25.2 Å². The molecule has 6 heteroatoms. The average molecular weight is 258 g/mol. The molecule has 0 aliphatic carbocycles. The molecule has 1 aliphatic heterocycles. The molecule has 1 rings (SSSR count). The Bertz CT molecular complexity index is 288. The van der Waals surface area contributed by atoms with Crippen LogP contribution in [0.5, 0.6) is 0 Å². The highest BCUT2D eigenvalue weighted by molar-refractivity contribution is 5.82. The van der Waals surface area contributed by atoms with Crippen LogP contribution < -0.4 is 10.6 Å². The van der Waals surface area contributed by atoms with Gasteiger partial charge in [-0.2, -0.15) is 0 Å². The van der Waals surface area contributed by atoms with E-state index in [1.165, 1.54) is 0 Å². The molecule has 0 aromatic heterocycles. The molecule has 0 bridgehead atoms. The fourth-order valence-electron chi connectivity index (χ4n) is 1.88. The first-order valence-electron chi connectivity index (χ1n) is 6.39. The Labute approximate surface area is 107 Å². The van der Waals surface area contributed by atoms with Crippen molar-refractivity contribution in [1.29, 1.82) is 0 Å². The minimum atomic E-state index is -1.02. The van der Waals surface area contributed by atoms with Gasteiger partial charge in [0.05, 0.1) is 6.10 Å². The van der Waals surface area contributed by atoms with Crippen molar-refractivity contribution < 1.29 is 19.4 Å². The minimum Gasteiger partial charge on any atom is -0.480 e. The van der Waals surface area contributed by atoms with Crippen LogP contribution in [-0.2, 0) is 9.53 Å². The molecular weight excluding hydrogens is 236 g/mol. The monoisotopic (exact) mass is 258 g/mol. The van der Waals surface area contributed by atoms with Crippen LogP contribution in [0, 0.1) is 5.92 Å². The molecule has 6 nitrogen and oxygen atoms in total. The molecule has 104 valence electrons. The summed E-state index contributed by atoms with van der Waals surface area (Å²) in [5.74, 6) is -1.17. The van der Waals surface area contributed by atoms with Crippen molar-refractivity contribution in [3.8, 4) is 0 Å². The number of carboxylic acid groups (broad SMARTS) is 1. The molecule has 1 unspecified atom stereocenters. The first-order chi connectivity index (χ1) is 8.50. The molecule has 0 saturated carbocycles. The van der Waals surface area contributed by atoms with Crippen molar-refractivity contribution in [2.45, 2.75) is 45.3 Å². The van der Waals surface area contributed by atoms with Crippen molar-refractivity contribution >= 4 is 12.0 Å². The summed E-state index contributed by atoms with van der Waals surface area (Å²) in [7, 11) is 0. The molecule has 2 atom stereocenters. The van der Waals surface area contributed by atoms with Crippen molar-refractivity contribution in [2.75, 3.05) is 13.2 Å². The molecule has 0 aromatic carbocycles. The maximum Gasteiger partial charge on any atom is 0.326 e.